The predicted octanol–water partition coefficient (Wildman–Crippen LogP) is 0.867. The summed E-state index contributed by atoms with van der Waals surface area (Å²) in [5.74, 6) is 0.359. The van der Waals surface area contributed by atoms with Crippen LogP contribution in [-0.4, -0.2) is 49.9 Å². The molecule has 7 nitrogen and oxygen atoms in total. The molecule has 1 N–H and O–H groups in total. The zero-order chi connectivity index (χ0) is 14.8. The summed E-state index contributed by atoms with van der Waals surface area (Å²) in [7, 11) is -1.24. The van der Waals surface area contributed by atoms with E-state index in [9.17, 15) is 18.5 Å². The number of anilines is 1. The van der Waals surface area contributed by atoms with Crippen LogP contribution in [-0.2, 0) is 16.4 Å². The Bertz CT molecular complexity index is 601. The Morgan fingerprint density at radius 3 is 2.55 bits per heavy atom. The topological polar surface area (TPSA) is 92.6 Å². The van der Waals surface area contributed by atoms with Gasteiger partial charge in [-0.3, -0.25) is 15.0 Å². The highest BCUT2D eigenvalue weighted by Gasteiger charge is 2.22. The van der Waals surface area contributed by atoms with Crippen LogP contribution in [0.4, 0.5) is 11.4 Å². The Labute approximate surface area is 117 Å². The fourth-order valence-electron chi connectivity index (χ4n) is 2.21. The fourth-order valence-corrected chi connectivity index (χ4v) is 3.48. The van der Waals surface area contributed by atoms with Gasteiger partial charge in [-0.2, -0.15) is 0 Å². The molecule has 0 radical (unpaired) electrons. The van der Waals surface area contributed by atoms with Crippen molar-refractivity contribution in [2.45, 2.75) is 6.54 Å². The average molecular weight is 299 g/mol. The van der Waals surface area contributed by atoms with Crippen molar-refractivity contribution >= 4 is 21.2 Å². The van der Waals surface area contributed by atoms with E-state index in [4.69, 9.17) is 0 Å². The van der Waals surface area contributed by atoms with Gasteiger partial charge in [0.05, 0.1) is 16.4 Å². The van der Waals surface area contributed by atoms with Gasteiger partial charge in [0.15, 0.2) is 9.84 Å². The van der Waals surface area contributed by atoms with Gasteiger partial charge in [-0.05, 0) is 11.6 Å². The molecule has 1 heterocycles. The van der Waals surface area contributed by atoms with Crippen molar-refractivity contribution < 1.29 is 13.3 Å². The van der Waals surface area contributed by atoms with E-state index in [1.807, 2.05) is 4.90 Å². The molecule has 0 atom stereocenters. The second-order valence-corrected chi connectivity index (χ2v) is 7.09. The molecule has 1 saturated heterocycles. The zero-order valence-electron chi connectivity index (χ0n) is 11.2. The number of hydrogen-bond donors (Lipinski definition) is 1. The average Bonchev–Trinajstić information content (AvgIpc) is 2.40. The first-order chi connectivity index (χ1) is 9.41. The molecule has 110 valence electrons. The van der Waals surface area contributed by atoms with Crippen LogP contribution >= 0.6 is 0 Å². The van der Waals surface area contributed by atoms with Crippen LogP contribution in [0.2, 0.25) is 0 Å². The first kappa shape index (κ1) is 14.7. The number of nitrogens with one attached hydrogen (secondary N) is 1. The highest BCUT2D eigenvalue weighted by atomic mass is 32.2. The number of nitro groups is 1. The molecule has 20 heavy (non-hydrogen) atoms. The van der Waals surface area contributed by atoms with Crippen molar-refractivity contribution in [2.75, 3.05) is 37.0 Å². The van der Waals surface area contributed by atoms with Gasteiger partial charge in [0.25, 0.3) is 5.69 Å². The highest BCUT2D eigenvalue weighted by Crippen LogP contribution is 2.25. The van der Waals surface area contributed by atoms with Crippen molar-refractivity contribution in [2.24, 2.45) is 0 Å². The predicted molar refractivity (Wildman–Crippen MR) is 76.6 cm³/mol. The number of nitro benzene ring substituents is 1. The van der Waals surface area contributed by atoms with Gasteiger partial charge in [0.1, 0.15) is 5.69 Å². The number of hydrogen-bond acceptors (Lipinski definition) is 6. The van der Waals surface area contributed by atoms with Crippen LogP contribution < -0.4 is 5.32 Å². The Kier molecular flexibility index (Phi) is 4.24. The van der Waals surface area contributed by atoms with Gasteiger partial charge in [-0.25, -0.2) is 8.42 Å². The summed E-state index contributed by atoms with van der Waals surface area (Å²) in [4.78, 5) is 12.5. The highest BCUT2D eigenvalue weighted by molar-refractivity contribution is 7.91. The second-order valence-electron chi connectivity index (χ2n) is 4.79. The summed E-state index contributed by atoms with van der Waals surface area (Å²) in [6, 6.07) is 4.92. The lowest BCUT2D eigenvalue weighted by molar-refractivity contribution is -0.384. The van der Waals surface area contributed by atoms with Crippen LogP contribution in [0.5, 0.6) is 0 Å². The number of nitrogens with zero attached hydrogens (tertiary/aromatic N) is 2. The molecule has 0 saturated carbocycles. The maximum Gasteiger partial charge on any atom is 0.292 e. The third-order valence-electron chi connectivity index (χ3n) is 3.37. The van der Waals surface area contributed by atoms with E-state index in [1.54, 1.807) is 19.2 Å². The maximum absolute atomic E-state index is 11.4. The summed E-state index contributed by atoms with van der Waals surface area (Å²) in [5, 5.41) is 13.7. The largest absolute Gasteiger partial charge is 0.383 e. The third-order valence-corrected chi connectivity index (χ3v) is 4.98. The van der Waals surface area contributed by atoms with E-state index in [2.05, 4.69) is 5.32 Å². The van der Waals surface area contributed by atoms with Crippen LogP contribution in [0.15, 0.2) is 18.2 Å². The number of rotatable bonds is 4. The molecule has 1 aromatic rings. The van der Waals surface area contributed by atoms with Crippen LogP contribution in [0.25, 0.3) is 0 Å². The van der Waals surface area contributed by atoms with Gasteiger partial charge in [0.2, 0.25) is 0 Å². The monoisotopic (exact) mass is 299 g/mol. The van der Waals surface area contributed by atoms with Crippen molar-refractivity contribution in [1.82, 2.24) is 4.90 Å². The van der Waals surface area contributed by atoms with E-state index in [-0.39, 0.29) is 17.2 Å². The molecule has 0 amide bonds. The first-order valence-electron chi connectivity index (χ1n) is 6.29. The van der Waals surface area contributed by atoms with Crippen molar-refractivity contribution in [1.29, 1.82) is 0 Å². The van der Waals surface area contributed by atoms with E-state index in [0.29, 0.717) is 25.3 Å². The molecule has 0 aliphatic carbocycles. The van der Waals surface area contributed by atoms with E-state index in [0.717, 1.165) is 5.56 Å². The van der Waals surface area contributed by atoms with Gasteiger partial charge in [-0.1, -0.05) is 6.07 Å². The lowest BCUT2D eigenvalue weighted by Crippen LogP contribution is -2.39. The lowest BCUT2D eigenvalue weighted by Gasteiger charge is -2.26. The summed E-state index contributed by atoms with van der Waals surface area (Å²) in [6.45, 7) is 1.62. The Balaban J connectivity index is 2.09. The number of benzene rings is 1. The summed E-state index contributed by atoms with van der Waals surface area (Å²) in [5.41, 5.74) is 1.44. The lowest BCUT2D eigenvalue weighted by atomic mass is 10.1. The van der Waals surface area contributed by atoms with Gasteiger partial charge in [-0.15, -0.1) is 0 Å². The minimum Gasteiger partial charge on any atom is -0.383 e. The summed E-state index contributed by atoms with van der Waals surface area (Å²) < 4.78 is 22.7. The van der Waals surface area contributed by atoms with Gasteiger partial charge >= 0.3 is 0 Å². The number of sulfone groups is 1. The van der Waals surface area contributed by atoms with E-state index in [1.165, 1.54) is 6.07 Å². The fraction of sp³-hybridized carbons (Fsp3) is 0.500. The summed E-state index contributed by atoms with van der Waals surface area (Å²) >= 11 is 0. The van der Waals surface area contributed by atoms with Crippen molar-refractivity contribution in [3.8, 4) is 0 Å². The smallest absolute Gasteiger partial charge is 0.292 e. The Morgan fingerprint density at radius 2 is 2.00 bits per heavy atom. The van der Waals surface area contributed by atoms with Gasteiger partial charge < -0.3 is 5.32 Å². The van der Waals surface area contributed by atoms with Crippen LogP contribution in [0.1, 0.15) is 5.56 Å². The molecule has 1 fully saturated rings. The maximum atomic E-state index is 11.4. The SMILES string of the molecule is CNc1cc(CN2CCS(=O)(=O)CC2)ccc1[N+](=O)[O-]. The summed E-state index contributed by atoms with van der Waals surface area (Å²) in [6.07, 6.45) is 0. The van der Waals surface area contributed by atoms with E-state index >= 15 is 0 Å². The molecule has 0 aromatic heterocycles. The van der Waals surface area contributed by atoms with Gasteiger partial charge in [0, 0.05) is 32.7 Å². The van der Waals surface area contributed by atoms with Crippen molar-refractivity contribution in [3.05, 3.63) is 33.9 Å². The standard InChI is InChI=1S/C12H17N3O4S/c1-13-11-8-10(2-3-12(11)15(16)17)9-14-4-6-20(18,19)7-5-14/h2-3,8,13H,4-7,9H2,1H3. The first-order valence-corrected chi connectivity index (χ1v) is 8.11. The molecular formula is C12H17N3O4S. The van der Waals surface area contributed by atoms with Crippen LogP contribution in [0.3, 0.4) is 0 Å². The van der Waals surface area contributed by atoms with E-state index < -0.39 is 14.8 Å². The molecule has 1 aromatic carbocycles. The molecule has 1 aliphatic rings. The molecule has 0 spiro atoms. The zero-order valence-corrected chi connectivity index (χ0v) is 12.0. The molecule has 0 bridgehead atoms. The van der Waals surface area contributed by atoms with Crippen molar-refractivity contribution in [3.63, 3.8) is 0 Å². The normalized spacial score (nSPS) is 18.6. The van der Waals surface area contributed by atoms with Crippen LogP contribution in [0, 0.1) is 10.1 Å². The molecular weight excluding hydrogens is 282 g/mol. The minimum atomic E-state index is -2.88. The molecule has 8 heteroatoms. The molecule has 0 unspecified atom stereocenters. The minimum absolute atomic E-state index is 0.0393. The Morgan fingerprint density at radius 1 is 1.35 bits per heavy atom. The third kappa shape index (κ3) is 3.45. The molecule has 1 aliphatic heterocycles. The molecule has 2 rings (SSSR count). The Hall–Kier alpha value is -1.67. The quantitative estimate of drug-likeness (QED) is 0.655. The second kappa shape index (κ2) is 5.76.